The molecule has 1 aromatic carbocycles. The number of benzene rings is 1. The van der Waals surface area contributed by atoms with Gasteiger partial charge in [0.2, 0.25) is 5.91 Å². The van der Waals surface area contributed by atoms with E-state index < -0.39 is 0 Å². The molecule has 138 valence electrons. The van der Waals surface area contributed by atoms with Crippen molar-refractivity contribution < 1.29 is 9.59 Å². The summed E-state index contributed by atoms with van der Waals surface area (Å²) in [5.41, 5.74) is 2.39. The van der Waals surface area contributed by atoms with Crippen molar-refractivity contribution in [3.8, 4) is 0 Å². The maximum atomic E-state index is 13.0. The molecule has 0 bridgehead atoms. The molecule has 1 aromatic rings. The molecule has 0 aliphatic carbocycles. The average Bonchev–Trinajstić information content (AvgIpc) is 3.15. The predicted octanol–water partition coefficient (Wildman–Crippen LogP) is 3.90. The third-order valence-electron chi connectivity index (χ3n) is 4.77. The molecule has 5 nitrogen and oxygen atoms in total. The molecule has 0 aromatic heterocycles. The van der Waals surface area contributed by atoms with Gasteiger partial charge >= 0.3 is 0 Å². The summed E-state index contributed by atoms with van der Waals surface area (Å²) in [6.07, 6.45) is 4.71. The van der Waals surface area contributed by atoms with Crippen molar-refractivity contribution in [1.82, 2.24) is 4.90 Å². The van der Waals surface area contributed by atoms with Crippen LogP contribution in [0.2, 0.25) is 0 Å². The summed E-state index contributed by atoms with van der Waals surface area (Å²) < 4.78 is 0. The Bertz CT molecular complexity index is 591. The molecule has 1 saturated heterocycles. The standard InChI is InChI=1S/C20H31N3O2/c1-4-7-10-19(24)21-16-11-12-18(23-13-8-9-14-23)17(15-16)20(25)22(5-2)6-3/h11-12,15H,4-10,13-14H2,1-3H3,(H,21,24). The van der Waals surface area contributed by atoms with Crippen LogP contribution in [0.15, 0.2) is 18.2 Å². The van der Waals surface area contributed by atoms with Gasteiger partial charge in [0, 0.05) is 44.0 Å². The van der Waals surface area contributed by atoms with E-state index in [1.165, 1.54) is 0 Å². The van der Waals surface area contributed by atoms with Crippen LogP contribution in [-0.2, 0) is 4.79 Å². The second-order valence-corrected chi connectivity index (χ2v) is 6.56. The van der Waals surface area contributed by atoms with Crippen LogP contribution in [0.5, 0.6) is 0 Å². The molecule has 5 heteroatoms. The molecule has 1 aliphatic rings. The SMILES string of the molecule is CCCCC(=O)Nc1ccc(N2CCCC2)c(C(=O)N(CC)CC)c1. The smallest absolute Gasteiger partial charge is 0.256 e. The van der Waals surface area contributed by atoms with Crippen molar-refractivity contribution in [3.63, 3.8) is 0 Å². The van der Waals surface area contributed by atoms with Gasteiger partial charge < -0.3 is 15.1 Å². The minimum Gasteiger partial charge on any atom is -0.371 e. The first-order valence-electron chi connectivity index (χ1n) is 9.58. The van der Waals surface area contributed by atoms with E-state index in [0.717, 1.165) is 44.5 Å². The van der Waals surface area contributed by atoms with Gasteiger partial charge in [-0.15, -0.1) is 0 Å². The van der Waals surface area contributed by atoms with Gasteiger partial charge in [0.05, 0.1) is 5.56 Å². The second kappa shape index (κ2) is 9.44. The fourth-order valence-corrected chi connectivity index (χ4v) is 3.26. The topological polar surface area (TPSA) is 52.7 Å². The Labute approximate surface area is 151 Å². The third-order valence-corrected chi connectivity index (χ3v) is 4.77. The van der Waals surface area contributed by atoms with E-state index in [4.69, 9.17) is 0 Å². The molecule has 1 N–H and O–H groups in total. The predicted molar refractivity (Wildman–Crippen MR) is 103 cm³/mol. The summed E-state index contributed by atoms with van der Waals surface area (Å²) in [6, 6.07) is 5.74. The lowest BCUT2D eigenvalue weighted by atomic mass is 10.1. The molecule has 1 fully saturated rings. The van der Waals surface area contributed by atoms with E-state index in [1.807, 2.05) is 36.9 Å². The normalized spacial score (nSPS) is 13.8. The van der Waals surface area contributed by atoms with Gasteiger partial charge in [0.1, 0.15) is 0 Å². The summed E-state index contributed by atoms with van der Waals surface area (Å²) in [6.45, 7) is 9.39. The van der Waals surface area contributed by atoms with Crippen LogP contribution in [0, 0.1) is 0 Å². The van der Waals surface area contributed by atoms with Crippen LogP contribution in [-0.4, -0.2) is 42.9 Å². The molecule has 2 rings (SSSR count). The molecule has 0 saturated carbocycles. The highest BCUT2D eigenvalue weighted by Gasteiger charge is 2.22. The van der Waals surface area contributed by atoms with Crippen molar-refractivity contribution in [1.29, 1.82) is 0 Å². The van der Waals surface area contributed by atoms with Crippen molar-refractivity contribution in [2.45, 2.75) is 52.9 Å². The van der Waals surface area contributed by atoms with Gasteiger partial charge in [-0.05, 0) is 51.3 Å². The summed E-state index contributed by atoms with van der Waals surface area (Å²) >= 11 is 0. The maximum Gasteiger partial charge on any atom is 0.256 e. The molecular formula is C20H31N3O2. The number of nitrogens with one attached hydrogen (secondary N) is 1. The molecule has 1 aliphatic heterocycles. The minimum absolute atomic E-state index is 0.0111. The van der Waals surface area contributed by atoms with E-state index >= 15 is 0 Å². The number of carbonyl (C=O) groups is 2. The molecule has 0 radical (unpaired) electrons. The monoisotopic (exact) mass is 345 g/mol. The lowest BCUT2D eigenvalue weighted by Gasteiger charge is -2.25. The Balaban J connectivity index is 2.28. The van der Waals surface area contributed by atoms with Crippen molar-refractivity contribution >= 4 is 23.2 Å². The van der Waals surface area contributed by atoms with Gasteiger partial charge in [0.15, 0.2) is 0 Å². The molecule has 25 heavy (non-hydrogen) atoms. The van der Waals surface area contributed by atoms with Gasteiger partial charge in [-0.1, -0.05) is 13.3 Å². The first kappa shape index (κ1) is 19.3. The first-order valence-corrected chi connectivity index (χ1v) is 9.58. The molecule has 2 amide bonds. The van der Waals surface area contributed by atoms with Crippen molar-refractivity contribution in [2.24, 2.45) is 0 Å². The molecule has 0 unspecified atom stereocenters. The number of nitrogens with zero attached hydrogens (tertiary/aromatic N) is 2. The summed E-state index contributed by atoms with van der Waals surface area (Å²) in [5.74, 6) is 0.0496. The highest BCUT2D eigenvalue weighted by atomic mass is 16.2. The number of hydrogen-bond donors (Lipinski definition) is 1. The number of unbranched alkanes of at least 4 members (excludes halogenated alkanes) is 1. The zero-order valence-corrected chi connectivity index (χ0v) is 15.8. The van der Waals surface area contributed by atoms with Gasteiger partial charge in [-0.3, -0.25) is 9.59 Å². The Hall–Kier alpha value is -2.04. The van der Waals surface area contributed by atoms with E-state index in [0.29, 0.717) is 30.8 Å². The molecule has 0 spiro atoms. The van der Waals surface area contributed by atoms with E-state index in [9.17, 15) is 9.59 Å². The molecule has 0 atom stereocenters. The lowest BCUT2D eigenvalue weighted by Crippen LogP contribution is -2.32. The molecule has 1 heterocycles. The van der Waals surface area contributed by atoms with Crippen molar-refractivity contribution in [2.75, 3.05) is 36.4 Å². The largest absolute Gasteiger partial charge is 0.371 e. The Morgan fingerprint density at radius 3 is 2.40 bits per heavy atom. The Morgan fingerprint density at radius 1 is 1.12 bits per heavy atom. The Morgan fingerprint density at radius 2 is 1.80 bits per heavy atom. The quantitative estimate of drug-likeness (QED) is 0.777. The highest BCUT2D eigenvalue weighted by molar-refractivity contribution is 6.02. The summed E-state index contributed by atoms with van der Waals surface area (Å²) in [7, 11) is 0. The Kier molecular flexibility index (Phi) is 7.29. The number of amides is 2. The maximum absolute atomic E-state index is 13.0. The van der Waals surface area contributed by atoms with Crippen LogP contribution in [0.3, 0.4) is 0 Å². The van der Waals surface area contributed by atoms with Crippen LogP contribution in [0.4, 0.5) is 11.4 Å². The summed E-state index contributed by atoms with van der Waals surface area (Å²) in [5, 5.41) is 2.94. The first-order chi connectivity index (χ1) is 12.1. The number of carbonyl (C=O) groups excluding carboxylic acids is 2. The fourth-order valence-electron chi connectivity index (χ4n) is 3.26. The zero-order chi connectivity index (χ0) is 18.2. The minimum atomic E-state index is 0.0111. The lowest BCUT2D eigenvalue weighted by molar-refractivity contribution is -0.116. The van der Waals surface area contributed by atoms with E-state index in [-0.39, 0.29) is 11.8 Å². The van der Waals surface area contributed by atoms with Gasteiger partial charge in [-0.25, -0.2) is 0 Å². The van der Waals surface area contributed by atoms with Crippen LogP contribution < -0.4 is 10.2 Å². The van der Waals surface area contributed by atoms with Crippen molar-refractivity contribution in [3.05, 3.63) is 23.8 Å². The van der Waals surface area contributed by atoms with Gasteiger partial charge in [-0.2, -0.15) is 0 Å². The van der Waals surface area contributed by atoms with Crippen LogP contribution >= 0.6 is 0 Å². The van der Waals surface area contributed by atoms with Crippen LogP contribution in [0.25, 0.3) is 0 Å². The zero-order valence-electron chi connectivity index (χ0n) is 15.8. The number of anilines is 2. The molecular weight excluding hydrogens is 314 g/mol. The highest BCUT2D eigenvalue weighted by Crippen LogP contribution is 2.28. The number of hydrogen-bond acceptors (Lipinski definition) is 3. The summed E-state index contributed by atoms with van der Waals surface area (Å²) in [4.78, 5) is 29.1. The van der Waals surface area contributed by atoms with Gasteiger partial charge in [0.25, 0.3) is 5.91 Å². The van der Waals surface area contributed by atoms with E-state index in [2.05, 4.69) is 17.1 Å². The third kappa shape index (κ3) is 4.97. The second-order valence-electron chi connectivity index (χ2n) is 6.56. The fraction of sp³-hybridized carbons (Fsp3) is 0.600. The van der Waals surface area contributed by atoms with Crippen LogP contribution in [0.1, 0.15) is 63.2 Å². The number of rotatable bonds is 8. The average molecular weight is 345 g/mol. The van der Waals surface area contributed by atoms with E-state index in [1.54, 1.807) is 0 Å².